The molecule has 2 saturated carbocycles. The van der Waals surface area contributed by atoms with Gasteiger partial charge in [0.25, 0.3) is 5.56 Å². The number of pyridine rings is 1. The number of alkyl halides is 2. The van der Waals surface area contributed by atoms with Crippen LogP contribution in [0.15, 0.2) is 41.6 Å². The Morgan fingerprint density at radius 3 is 2.61 bits per heavy atom. The zero-order valence-electron chi connectivity index (χ0n) is 16.8. The van der Waals surface area contributed by atoms with E-state index in [0.29, 0.717) is 29.7 Å². The van der Waals surface area contributed by atoms with Crippen molar-refractivity contribution in [2.45, 2.75) is 62.3 Å². The molecule has 0 radical (unpaired) electrons. The monoisotopic (exact) mass is 424 g/mol. The average Bonchev–Trinajstić information content (AvgIpc) is 3.31. The van der Waals surface area contributed by atoms with Gasteiger partial charge in [-0.15, -0.1) is 0 Å². The Balaban J connectivity index is 1.35. The molecule has 0 bridgehead atoms. The van der Waals surface area contributed by atoms with Gasteiger partial charge in [-0.2, -0.15) is 5.10 Å². The molecule has 2 aliphatic rings. The van der Waals surface area contributed by atoms with Crippen molar-refractivity contribution in [3.63, 3.8) is 0 Å². The molecule has 2 atom stereocenters. The highest BCUT2D eigenvalue weighted by Gasteiger charge is 2.38. The Bertz CT molecular complexity index is 1300. The van der Waals surface area contributed by atoms with Crippen LogP contribution in [0.4, 0.5) is 8.78 Å². The van der Waals surface area contributed by atoms with Gasteiger partial charge in [0, 0.05) is 37.1 Å². The first-order valence-corrected chi connectivity index (χ1v) is 10.8. The molecule has 0 amide bonds. The lowest BCUT2D eigenvalue weighted by Gasteiger charge is -2.34. The van der Waals surface area contributed by atoms with Crippen molar-refractivity contribution in [2.24, 2.45) is 0 Å². The van der Waals surface area contributed by atoms with Gasteiger partial charge < -0.3 is 9.38 Å². The standard InChI is InChI=1S/C22H22F2N6O/c23-22(24)8-6-13(7-9-22)30-20-16(11-25-30)21(31)28-19(27-20)15-5-4-14(15)17-12-29-10-2-1-3-18(29)26-17/h1-3,10-15H,4-9H2,(H,27,28,31)/t14-,15-/m1/s1. The quantitative estimate of drug-likeness (QED) is 0.535. The highest BCUT2D eigenvalue weighted by molar-refractivity contribution is 5.73. The molecule has 9 heteroatoms. The van der Waals surface area contributed by atoms with Gasteiger partial charge in [0.05, 0.1) is 17.9 Å². The number of rotatable bonds is 3. The van der Waals surface area contributed by atoms with Gasteiger partial charge in [0.1, 0.15) is 16.9 Å². The maximum absolute atomic E-state index is 13.6. The minimum Gasteiger partial charge on any atom is -0.310 e. The van der Waals surface area contributed by atoms with E-state index >= 15 is 0 Å². The molecule has 6 rings (SSSR count). The predicted octanol–water partition coefficient (Wildman–Crippen LogP) is 4.18. The number of imidazole rings is 1. The number of hydrogen-bond acceptors (Lipinski definition) is 4. The third-order valence-electron chi connectivity index (χ3n) is 6.90. The highest BCUT2D eigenvalue weighted by Crippen LogP contribution is 2.47. The number of H-pyrrole nitrogens is 1. The van der Waals surface area contributed by atoms with E-state index in [1.807, 2.05) is 35.0 Å². The van der Waals surface area contributed by atoms with Crippen molar-refractivity contribution in [1.29, 1.82) is 0 Å². The predicted molar refractivity (Wildman–Crippen MR) is 111 cm³/mol. The molecule has 1 N–H and O–H groups in total. The van der Waals surface area contributed by atoms with E-state index in [1.54, 1.807) is 4.68 Å². The van der Waals surface area contributed by atoms with Crippen LogP contribution in [0.1, 0.15) is 67.9 Å². The van der Waals surface area contributed by atoms with Crippen molar-refractivity contribution in [1.82, 2.24) is 29.1 Å². The lowest BCUT2D eigenvalue weighted by molar-refractivity contribution is -0.0446. The number of halogens is 2. The van der Waals surface area contributed by atoms with Crippen LogP contribution in [0.3, 0.4) is 0 Å². The molecular formula is C22H22F2N6O. The summed E-state index contributed by atoms with van der Waals surface area (Å²) < 4.78 is 30.9. The third kappa shape index (κ3) is 3.05. The second-order valence-electron chi connectivity index (χ2n) is 8.79. The molecule has 0 unspecified atom stereocenters. The van der Waals surface area contributed by atoms with Crippen molar-refractivity contribution < 1.29 is 8.78 Å². The van der Waals surface area contributed by atoms with Crippen LogP contribution in [-0.4, -0.2) is 35.1 Å². The normalized spacial score (nSPS) is 23.9. The molecule has 0 saturated heterocycles. The maximum atomic E-state index is 13.6. The summed E-state index contributed by atoms with van der Waals surface area (Å²) in [5, 5.41) is 4.76. The lowest BCUT2D eigenvalue weighted by Crippen LogP contribution is -2.28. The molecule has 0 spiro atoms. The number of aromatic nitrogens is 6. The maximum Gasteiger partial charge on any atom is 0.262 e. The zero-order valence-corrected chi connectivity index (χ0v) is 16.8. The van der Waals surface area contributed by atoms with Crippen LogP contribution in [0, 0.1) is 0 Å². The molecule has 160 valence electrons. The van der Waals surface area contributed by atoms with Crippen LogP contribution in [0.2, 0.25) is 0 Å². The van der Waals surface area contributed by atoms with E-state index in [0.717, 1.165) is 24.2 Å². The summed E-state index contributed by atoms with van der Waals surface area (Å²) in [5.74, 6) is -1.72. The van der Waals surface area contributed by atoms with Crippen LogP contribution >= 0.6 is 0 Å². The zero-order chi connectivity index (χ0) is 21.2. The Morgan fingerprint density at radius 2 is 1.87 bits per heavy atom. The Labute approximate surface area is 176 Å². The first-order valence-electron chi connectivity index (χ1n) is 10.8. The summed E-state index contributed by atoms with van der Waals surface area (Å²) in [6.45, 7) is 0. The number of hydrogen-bond donors (Lipinski definition) is 1. The van der Waals surface area contributed by atoms with Crippen LogP contribution < -0.4 is 5.56 Å². The fourth-order valence-corrected chi connectivity index (χ4v) is 4.98. The van der Waals surface area contributed by atoms with E-state index in [4.69, 9.17) is 9.97 Å². The van der Waals surface area contributed by atoms with Crippen LogP contribution in [0.25, 0.3) is 16.7 Å². The Kier molecular flexibility index (Phi) is 4.03. The Hall–Kier alpha value is -3.10. The smallest absolute Gasteiger partial charge is 0.262 e. The van der Waals surface area contributed by atoms with Gasteiger partial charge in [-0.3, -0.25) is 4.79 Å². The van der Waals surface area contributed by atoms with Gasteiger partial charge >= 0.3 is 0 Å². The van der Waals surface area contributed by atoms with Crippen LogP contribution in [0.5, 0.6) is 0 Å². The minimum atomic E-state index is -2.61. The van der Waals surface area contributed by atoms with Gasteiger partial charge in [-0.25, -0.2) is 23.4 Å². The van der Waals surface area contributed by atoms with E-state index in [2.05, 4.69) is 10.1 Å². The summed E-state index contributed by atoms with van der Waals surface area (Å²) in [7, 11) is 0. The summed E-state index contributed by atoms with van der Waals surface area (Å²) in [6, 6.07) is 5.73. The molecule has 4 heterocycles. The van der Waals surface area contributed by atoms with Gasteiger partial charge in [-0.1, -0.05) is 6.07 Å². The average molecular weight is 424 g/mol. The van der Waals surface area contributed by atoms with E-state index in [9.17, 15) is 13.6 Å². The minimum absolute atomic E-state index is 0.0704. The van der Waals surface area contributed by atoms with E-state index in [1.165, 1.54) is 6.20 Å². The molecule has 0 aliphatic heterocycles. The highest BCUT2D eigenvalue weighted by atomic mass is 19.3. The topological polar surface area (TPSA) is 80.9 Å². The van der Waals surface area contributed by atoms with Crippen LogP contribution in [-0.2, 0) is 0 Å². The summed E-state index contributed by atoms with van der Waals surface area (Å²) >= 11 is 0. The molecule has 2 fully saturated rings. The molecule has 0 aromatic carbocycles. The van der Waals surface area contributed by atoms with Crippen molar-refractivity contribution in [3.05, 3.63) is 58.7 Å². The molecular weight excluding hydrogens is 402 g/mol. The first kappa shape index (κ1) is 18.7. The lowest BCUT2D eigenvalue weighted by atomic mass is 9.71. The van der Waals surface area contributed by atoms with Gasteiger partial charge in [0.15, 0.2) is 5.65 Å². The molecule has 7 nitrogen and oxygen atoms in total. The first-order chi connectivity index (χ1) is 15.0. The second-order valence-corrected chi connectivity index (χ2v) is 8.79. The SMILES string of the molecule is O=c1[nH]c([C@@H]2CC[C@H]2c2cn3ccccc3n2)nc2c1cnn2C1CCC(F)(F)CC1. The van der Waals surface area contributed by atoms with E-state index < -0.39 is 5.92 Å². The largest absolute Gasteiger partial charge is 0.310 e. The fraction of sp³-hybridized carbons (Fsp3) is 0.455. The van der Waals surface area contributed by atoms with Gasteiger partial charge in [-0.05, 0) is 37.8 Å². The molecule has 4 aromatic heterocycles. The third-order valence-corrected chi connectivity index (χ3v) is 6.90. The van der Waals surface area contributed by atoms with Gasteiger partial charge in [0.2, 0.25) is 5.92 Å². The number of nitrogens with one attached hydrogen (secondary N) is 1. The van der Waals surface area contributed by atoms with Crippen molar-refractivity contribution >= 4 is 16.7 Å². The van der Waals surface area contributed by atoms with Crippen molar-refractivity contribution in [2.75, 3.05) is 0 Å². The Morgan fingerprint density at radius 1 is 1.06 bits per heavy atom. The van der Waals surface area contributed by atoms with Crippen molar-refractivity contribution in [3.8, 4) is 0 Å². The number of nitrogens with zero attached hydrogens (tertiary/aromatic N) is 5. The molecule has 31 heavy (non-hydrogen) atoms. The van der Waals surface area contributed by atoms with E-state index in [-0.39, 0.29) is 36.3 Å². The number of aromatic amines is 1. The fourth-order valence-electron chi connectivity index (χ4n) is 4.98. The molecule has 2 aliphatic carbocycles. The second kappa shape index (κ2) is 6.70. The summed E-state index contributed by atoms with van der Waals surface area (Å²) in [4.78, 5) is 25.2. The summed E-state index contributed by atoms with van der Waals surface area (Å²) in [6.07, 6.45) is 7.75. The summed E-state index contributed by atoms with van der Waals surface area (Å²) in [5.41, 5.74) is 2.16. The number of fused-ring (bicyclic) bond motifs is 2. The molecule has 4 aromatic rings.